The number of para-hydroxylation sites is 2. The number of rotatable bonds is 4. The third-order valence-corrected chi connectivity index (χ3v) is 5.71. The first-order chi connectivity index (χ1) is 13.7. The molecule has 0 aliphatic carbocycles. The average molecular weight is 409 g/mol. The summed E-state index contributed by atoms with van der Waals surface area (Å²) in [6.07, 6.45) is 1.58. The number of nitrogens with zero attached hydrogens (tertiary/aromatic N) is 2. The number of halogens is 1. The van der Waals surface area contributed by atoms with E-state index in [1.54, 1.807) is 29.4 Å². The minimum atomic E-state index is -0.289. The maximum absolute atomic E-state index is 13.3. The topological polar surface area (TPSA) is 59.5 Å². The van der Waals surface area contributed by atoms with Crippen LogP contribution in [0.1, 0.15) is 16.3 Å². The summed E-state index contributed by atoms with van der Waals surface area (Å²) >= 11 is 7.67. The molecule has 138 valence electrons. The normalized spacial score (nSPS) is 11.3. The molecule has 28 heavy (non-hydrogen) atoms. The van der Waals surface area contributed by atoms with Crippen LogP contribution in [0.2, 0.25) is 5.02 Å². The Balaban J connectivity index is 1.60. The number of benzene rings is 2. The van der Waals surface area contributed by atoms with E-state index in [-0.39, 0.29) is 18.2 Å². The molecule has 7 heteroatoms. The number of fused-ring (bicyclic) bond motifs is 2. The van der Waals surface area contributed by atoms with Crippen LogP contribution in [0.3, 0.4) is 0 Å². The highest BCUT2D eigenvalue weighted by Gasteiger charge is 2.26. The number of anilines is 1. The van der Waals surface area contributed by atoms with Crippen molar-refractivity contribution in [1.82, 2.24) is 4.98 Å². The lowest BCUT2D eigenvalue weighted by atomic mass is 10.2. The highest BCUT2D eigenvalue weighted by atomic mass is 35.5. The van der Waals surface area contributed by atoms with Gasteiger partial charge in [-0.3, -0.25) is 9.69 Å². The SMILES string of the molecule is O=C(c1cc2ccccc2o1)N(Cc1ccco1)c1nc2c(Cl)cccc2s1. The van der Waals surface area contributed by atoms with Crippen LogP contribution in [-0.4, -0.2) is 10.9 Å². The summed E-state index contributed by atoms with van der Waals surface area (Å²) in [5, 5.41) is 1.95. The zero-order valence-corrected chi connectivity index (χ0v) is 16.0. The Bertz CT molecular complexity index is 1260. The highest BCUT2D eigenvalue weighted by molar-refractivity contribution is 7.22. The van der Waals surface area contributed by atoms with Crippen LogP contribution in [0.4, 0.5) is 5.13 Å². The van der Waals surface area contributed by atoms with Gasteiger partial charge in [-0.1, -0.05) is 47.2 Å². The highest BCUT2D eigenvalue weighted by Crippen LogP contribution is 2.34. The van der Waals surface area contributed by atoms with Gasteiger partial charge in [-0.25, -0.2) is 4.98 Å². The predicted octanol–water partition coefficient (Wildman–Crippen LogP) is 6.14. The first-order valence-corrected chi connectivity index (χ1v) is 9.76. The zero-order valence-electron chi connectivity index (χ0n) is 14.5. The van der Waals surface area contributed by atoms with Crippen LogP contribution < -0.4 is 4.90 Å². The Hall–Kier alpha value is -3.09. The molecule has 3 aromatic heterocycles. The maximum atomic E-state index is 13.3. The van der Waals surface area contributed by atoms with Gasteiger partial charge in [-0.2, -0.15) is 0 Å². The summed E-state index contributed by atoms with van der Waals surface area (Å²) in [7, 11) is 0. The van der Waals surface area contributed by atoms with Crippen molar-refractivity contribution in [1.29, 1.82) is 0 Å². The number of thiazole rings is 1. The van der Waals surface area contributed by atoms with Crippen LogP contribution in [0.25, 0.3) is 21.2 Å². The van der Waals surface area contributed by atoms with E-state index < -0.39 is 0 Å². The first-order valence-electron chi connectivity index (χ1n) is 8.57. The molecule has 0 N–H and O–H groups in total. The largest absolute Gasteiger partial charge is 0.467 e. The summed E-state index contributed by atoms with van der Waals surface area (Å²) in [4.78, 5) is 19.5. The van der Waals surface area contributed by atoms with E-state index in [9.17, 15) is 4.79 Å². The molecule has 2 aromatic carbocycles. The van der Waals surface area contributed by atoms with Crippen LogP contribution in [0.5, 0.6) is 0 Å². The number of furan rings is 2. The molecule has 3 heterocycles. The van der Waals surface area contributed by atoms with Gasteiger partial charge in [-0.05, 0) is 36.4 Å². The monoisotopic (exact) mass is 408 g/mol. The van der Waals surface area contributed by atoms with Gasteiger partial charge in [0.25, 0.3) is 5.91 Å². The minimum absolute atomic E-state index is 0.236. The molecule has 1 amide bonds. The molecule has 0 saturated carbocycles. The van der Waals surface area contributed by atoms with Gasteiger partial charge in [0, 0.05) is 5.39 Å². The smallest absolute Gasteiger partial charge is 0.296 e. The summed E-state index contributed by atoms with van der Waals surface area (Å²) in [5.41, 5.74) is 1.34. The molecular weight excluding hydrogens is 396 g/mol. The Morgan fingerprint density at radius 2 is 2.00 bits per heavy atom. The molecule has 0 spiro atoms. The lowest BCUT2D eigenvalue weighted by Gasteiger charge is -2.17. The van der Waals surface area contributed by atoms with Gasteiger partial charge < -0.3 is 8.83 Å². The first kappa shape index (κ1) is 17.0. The summed E-state index contributed by atoms with van der Waals surface area (Å²) in [6.45, 7) is 0.236. The number of carbonyl (C=O) groups is 1. The van der Waals surface area contributed by atoms with Crippen molar-refractivity contribution in [2.45, 2.75) is 6.54 Å². The van der Waals surface area contributed by atoms with Gasteiger partial charge in [-0.15, -0.1) is 0 Å². The Morgan fingerprint density at radius 1 is 1.11 bits per heavy atom. The predicted molar refractivity (Wildman–Crippen MR) is 110 cm³/mol. The number of hydrogen-bond donors (Lipinski definition) is 0. The summed E-state index contributed by atoms with van der Waals surface area (Å²) in [5.74, 6) is 0.607. The molecule has 0 unspecified atom stereocenters. The molecule has 5 aromatic rings. The third kappa shape index (κ3) is 2.96. The van der Waals surface area contributed by atoms with Crippen LogP contribution >= 0.6 is 22.9 Å². The fraction of sp³-hybridized carbons (Fsp3) is 0.0476. The molecule has 0 atom stereocenters. The van der Waals surface area contributed by atoms with Crippen molar-refractivity contribution in [3.8, 4) is 0 Å². The molecule has 0 saturated heterocycles. The lowest BCUT2D eigenvalue weighted by Crippen LogP contribution is -2.29. The number of aromatic nitrogens is 1. The second-order valence-corrected chi connectivity index (χ2v) is 7.62. The van der Waals surface area contributed by atoms with Gasteiger partial charge in [0.05, 0.1) is 22.5 Å². The molecule has 0 bridgehead atoms. The van der Waals surface area contributed by atoms with Crippen LogP contribution in [-0.2, 0) is 6.54 Å². The van der Waals surface area contributed by atoms with E-state index in [0.717, 1.165) is 10.1 Å². The molecule has 0 aliphatic heterocycles. The molecule has 0 radical (unpaired) electrons. The maximum Gasteiger partial charge on any atom is 0.296 e. The van der Waals surface area contributed by atoms with Crippen molar-refractivity contribution >= 4 is 55.2 Å². The van der Waals surface area contributed by atoms with E-state index in [1.807, 2.05) is 42.5 Å². The minimum Gasteiger partial charge on any atom is -0.467 e. The van der Waals surface area contributed by atoms with Crippen molar-refractivity contribution in [3.63, 3.8) is 0 Å². The number of amides is 1. The fourth-order valence-electron chi connectivity index (χ4n) is 3.02. The van der Waals surface area contributed by atoms with E-state index in [1.165, 1.54) is 11.3 Å². The van der Waals surface area contributed by atoms with Crippen LogP contribution in [0.15, 0.2) is 75.8 Å². The molecule has 5 nitrogen and oxygen atoms in total. The third-order valence-electron chi connectivity index (χ3n) is 4.36. The lowest BCUT2D eigenvalue weighted by molar-refractivity contribution is 0.0958. The van der Waals surface area contributed by atoms with Crippen molar-refractivity contribution in [2.24, 2.45) is 0 Å². The second-order valence-electron chi connectivity index (χ2n) is 6.20. The quantitative estimate of drug-likeness (QED) is 0.358. The Morgan fingerprint density at radius 3 is 2.79 bits per heavy atom. The number of hydrogen-bond acceptors (Lipinski definition) is 5. The summed E-state index contributed by atoms with van der Waals surface area (Å²) < 4.78 is 12.1. The van der Waals surface area contributed by atoms with E-state index in [4.69, 9.17) is 20.4 Å². The van der Waals surface area contributed by atoms with Gasteiger partial charge >= 0.3 is 0 Å². The van der Waals surface area contributed by atoms with Gasteiger partial charge in [0.2, 0.25) is 0 Å². The molecule has 5 rings (SSSR count). The van der Waals surface area contributed by atoms with Crippen molar-refractivity contribution in [2.75, 3.05) is 4.90 Å². The molecule has 0 fully saturated rings. The van der Waals surface area contributed by atoms with E-state index in [2.05, 4.69) is 4.98 Å². The standard InChI is InChI=1S/C21H13ClN2O3S/c22-15-7-3-9-18-19(15)23-21(28-18)24(12-14-6-4-10-26-14)20(25)17-11-13-5-1-2-8-16(13)27-17/h1-11H,12H2. The zero-order chi connectivity index (χ0) is 19.1. The molecule has 0 aliphatic rings. The van der Waals surface area contributed by atoms with Crippen LogP contribution in [0, 0.1) is 0 Å². The summed E-state index contributed by atoms with van der Waals surface area (Å²) in [6, 6.07) is 18.4. The molecular formula is C21H13ClN2O3S. The van der Waals surface area contributed by atoms with E-state index >= 15 is 0 Å². The average Bonchev–Trinajstić information content (AvgIpc) is 3.44. The van der Waals surface area contributed by atoms with Gasteiger partial charge in [0.15, 0.2) is 10.9 Å². The van der Waals surface area contributed by atoms with Crippen molar-refractivity contribution in [3.05, 3.63) is 83.5 Å². The Labute approximate surface area is 168 Å². The van der Waals surface area contributed by atoms with E-state index in [0.29, 0.717) is 27.0 Å². The van der Waals surface area contributed by atoms with Crippen molar-refractivity contribution < 1.29 is 13.6 Å². The second kappa shape index (κ2) is 6.82. The Kier molecular flexibility index (Phi) is 4.15. The van der Waals surface area contributed by atoms with Gasteiger partial charge in [0.1, 0.15) is 16.9 Å². The fourth-order valence-corrected chi connectivity index (χ4v) is 4.29. The number of carbonyl (C=O) groups excluding carboxylic acids is 1.